The molecule has 0 bridgehead atoms. The van der Waals surface area contributed by atoms with Gasteiger partial charge in [0.05, 0.1) is 5.75 Å². The Morgan fingerprint density at radius 1 is 1.06 bits per heavy atom. The van der Waals surface area contributed by atoms with Gasteiger partial charge in [-0.15, -0.1) is 11.3 Å². The summed E-state index contributed by atoms with van der Waals surface area (Å²) in [7, 11) is 0. The Balaban J connectivity index is 1.33. The van der Waals surface area contributed by atoms with Crippen molar-refractivity contribution >= 4 is 45.1 Å². The van der Waals surface area contributed by atoms with Gasteiger partial charge in [0.25, 0.3) is 0 Å². The first-order chi connectivity index (χ1) is 14.8. The van der Waals surface area contributed by atoms with E-state index in [1.165, 1.54) is 28.6 Å². The molecule has 1 unspecified atom stereocenters. The maximum absolute atomic E-state index is 12.9. The van der Waals surface area contributed by atoms with Gasteiger partial charge in [0.1, 0.15) is 15.7 Å². The summed E-state index contributed by atoms with van der Waals surface area (Å²) in [6, 6.07) is 0. The number of nitrogens with zero attached hydrogens (tertiary/aromatic N) is 4. The summed E-state index contributed by atoms with van der Waals surface area (Å²) < 4.78 is 0. The molecule has 2 aliphatic heterocycles. The van der Waals surface area contributed by atoms with Gasteiger partial charge in [0.2, 0.25) is 11.8 Å². The van der Waals surface area contributed by atoms with Gasteiger partial charge in [-0.1, -0.05) is 18.7 Å². The molecule has 2 aromatic heterocycles. The lowest BCUT2D eigenvalue weighted by molar-refractivity contribution is -0.141. The van der Waals surface area contributed by atoms with E-state index < -0.39 is 0 Å². The van der Waals surface area contributed by atoms with Gasteiger partial charge < -0.3 is 9.80 Å². The first-order valence-electron chi connectivity index (χ1n) is 11.3. The third kappa shape index (κ3) is 4.90. The number of hydrogen-bond donors (Lipinski definition) is 0. The van der Waals surface area contributed by atoms with Crippen LogP contribution < -0.4 is 0 Å². The number of carbonyl (C=O) groups excluding carboxylic acids is 2. The second kappa shape index (κ2) is 9.45. The lowest BCUT2D eigenvalue weighted by Gasteiger charge is -2.37. The summed E-state index contributed by atoms with van der Waals surface area (Å²) in [6.45, 7) is 11.5. The van der Waals surface area contributed by atoms with Crippen LogP contribution in [0.15, 0.2) is 5.03 Å². The van der Waals surface area contributed by atoms with Gasteiger partial charge in [0, 0.05) is 42.4 Å². The van der Waals surface area contributed by atoms with Crippen LogP contribution in [0.2, 0.25) is 0 Å². The third-order valence-electron chi connectivity index (χ3n) is 6.61. The molecular formula is C23H32N4O2S2. The number of piperidine rings is 2. The quantitative estimate of drug-likeness (QED) is 0.505. The Morgan fingerprint density at radius 2 is 1.81 bits per heavy atom. The van der Waals surface area contributed by atoms with E-state index in [9.17, 15) is 9.59 Å². The van der Waals surface area contributed by atoms with E-state index >= 15 is 0 Å². The molecule has 0 aromatic carbocycles. The van der Waals surface area contributed by atoms with Crippen LogP contribution in [0.4, 0.5) is 0 Å². The van der Waals surface area contributed by atoms with Gasteiger partial charge in [-0.25, -0.2) is 9.97 Å². The zero-order chi connectivity index (χ0) is 22.1. The van der Waals surface area contributed by atoms with Crippen LogP contribution in [0, 0.1) is 32.6 Å². The molecule has 168 valence electrons. The van der Waals surface area contributed by atoms with Gasteiger partial charge in [-0.2, -0.15) is 0 Å². The predicted octanol–water partition coefficient (Wildman–Crippen LogP) is 4.21. The molecule has 0 radical (unpaired) electrons. The molecule has 4 heterocycles. The zero-order valence-electron chi connectivity index (χ0n) is 18.9. The van der Waals surface area contributed by atoms with Gasteiger partial charge in [-0.3, -0.25) is 9.59 Å². The summed E-state index contributed by atoms with van der Waals surface area (Å²) in [6.07, 6.45) is 3.89. The van der Waals surface area contributed by atoms with Crippen molar-refractivity contribution in [3.05, 3.63) is 16.3 Å². The molecule has 0 N–H and O–H groups in total. The number of fused-ring (bicyclic) bond motifs is 1. The Bertz CT molecular complexity index is 982. The highest BCUT2D eigenvalue weighted by atomic mass is 32.2. The fourth-order valence-electron chi connectivity index (χ4n) is 4.66. The van der Waals surface area contributed by atoms with Crippen LogP contribution in [0.1, 0.15) is 48.9 Å². The smallest absolute Gasteiger partial charge is 0.232 e. The summed E-state index contributed by atoms with van der Waals surface area (Å²) in [5.74, 6) is 2.23. The highest BCUT2D eigenvalue weighted by Crippen LogP contribution is 2.35. The lowest BCUT2D eigenvalue weighted by Crippen LogP contribution is -2.47. The molecule has 8 heteroatoms. The minimum Gasteiger partial charge on any atom is -0.342 e. The molecular weight excluding hydrogens is 428 g/mol. The highest BCUT2D eigenvalue weighted by Gasteiger charge is 2.31. The fourth-order valence-corrected chi connectivity index (χ4v) is 6.84. The third-order valence-corrected chi connectivity index (χ3v) is 8.67. The average Bonchev–Trinajstić information content (AvgIpc) is 3.04. The van der Waals surface area contributed by atoms with Crippen LogP contribution >= 0.6 is 23.1 Å². The lowest BCUT2D eigenvalue weighted by atomic mass is 9.93. The molecule has 4 rings (SSSR count). The monoisotopic (exact) mass is 460 g/mol. The summed E-state index contributed by atoms with van der Waals surface area (Å²) in [5, 5.41) is 1.99. The number of rotatable bonds is 4. The minimum atomic E-state index is 0.0718. The molecule has 2 amide bonds. The first kappa shape index (κ1) is 22.5. The van der Waals surface area contributed by atoms with Crippen LogP contribution in [-0.4, -0.2) is 63.5 Å². The summed E-state index contributed by atoms with van der Waals surface area (Å²) >= 11 is 3.20. The number of carbonyl (C=O) groups is 2. The molecule has 31 heavy (non-hydrogen) atoms. The largest absolute Gasteiger partial charge is 0.342 e. The molecule has 6 nitrogen and oxygen atoms in total. The van der Waals surface area contributed by atoms with Crippen molar-refractivity contribution in [3.63, 3.8) is 0 Å². The van der Waals surface area contributed by atoms with E-state index in [-0.39, 0.29) is 11.8 Å². The molecule has 0 spiro atoms. The number of thioether (sulfide) groups is 1. The van der Waals surface area contributed by atoms with Crippen molar-refractivity contribution in [2.75, 3.05) is 31.9 Å². The molecule has 2 fully saturated rings. The van der Waals surface area contributed by atoms with E-state index in [1.807, 2.05) is 11.8 Å². The van der Waals surface area contributed by atoms with E-state index in [4.69, 9.17) is 0 Å². The number of thiophene rings is 1. The van der Waals surface area contributed by atoms with Crippen molar-refractivity contribution in [2.45, 2.75) is 58.4 Å². The normalized spacial score (nSPS) is 20.5. The summed E-state index contributed by atoms with van der Waals surface area (Å²) in [5.41, 5.74) is 1.21. The Kier molecular flexibility index (Phi) is 6.86. The van der Waals surface area contributed by atoms with Crippen LogP contribution in [0.3, 0.4) is 0 Å². The highest BCUT2D eigenvalue weighted by molar-refractivity contribution is 8.00. The van der Waals surface area contributed by atoms with E-state index in [1.54, 1.807) is 11.3 Å². The van der Waals surface area contributed by atoms with Crippen LogP contribution in [0.25, 0.3) is 10.2 Å². The van der Waals surface area contributed by atoms with Crippen molar-refractivity contribution in [1.29, 1.82) is 0 Å². The number of amides is 2. The molecule has 0 aliphatic carbocycles. The number of hydrogen-bond acceptors (Lipinski definition) is 6. The maximum Gasteiger partial charge on any atom is 0.232 e. The fraction of sp³-hybridized carbons (Fsp3) is 0.652. The number of aromatic nitrogens is 2. The SMILES string of the molecule is Cc1nc(SCC(=O)N2CCC(C(=O)N3CCCC(C)C3)CC2)c2c(C)c(C)sc2n1. The van der Waals surface area contributed by atoms with E-state index in [0.29, 0.717) is 30.7 Å². The first-order valence-corrected chi connectivity index (χ1v) is 13.1. The van der Waals surface area contributed by atoms with Crippen molar-refractivity contribution < 1.29 is 9.59 Å². The van der Waals surface area contributed by atoms with Crippen molar-refractivity contribution in [1.82, 2.24) is 19.8 Å². The van der Waals surface area contributed by atoms with Crippen molar-refractivity contribution in [3.8, 4) is 0 Å². The molecule has 2 aliphatic rings. The average molecular weight is 461 g/mol. The second-order valence-electron chi connectivity index (χ2n) is 9.01. The maximum atomic E-state index is 12.9. The molecule has 1 atom stereocenters. The second-order valence-corrected chi connectivity index (χ2v) is 11.2. The Hall–Kier alpha value is -1.67. The van der Waals surface area contributed by atoms with E-state index in [2.05, 4.69) is 35.6 Å². The predicted molar refractivity (Wildman–Crippen MR) is 127 cm³/mol. The number of likely N-dealkylation sites (tertiary alicyclic amines) is 2. The Labute approximate surface area is 192 Å². The summed E-state index contributed by atoms with van der Waals surface area (Å²) in [4.78, 5) is 41.2. The van der Waals surface area contributed by atoms with Crippen molar-refractivity contribution in [2.24, 2.45) is 11.8 Å². The van der Waals surface area contributed by atoms with Gasteiger partial charge in [0.15, 0.2) is 0 Å². The zero-order valence-corrected chi connectivity index (χ0v) is 20.6. The Morgan fingerprint density at radius 3 is 2.52 bits per heavy atom. The topological polar surface area (TPSA) is 66.4 Å². The number of aryl methyl sites for hydroxylation is 3. The van der Waals surface area contributed by atoms with Crippen LogP contribution in [-0.2, 0) is 9.59 Å². The molecule has 2 saturated heterocycles. The standard InChI is InChI=1S/C23H32N4O2S2/c1-14-6-5-9-27(12-14)23(29)18-7-10-26(11-8-18)19(28)13-30-21-20-15(2)16(3)31-22(20)25-17(4)24-21/h14,18H,5-13H2,1-4H3. The van der Waals surface area contributed by atoms with E-state index in [0.717, 1.165) is 53.4 Å². The van der Waals surface area contributed by atoms with Gasteiger partial charge >= 0.3 is 0 Å². The van der Waals surface area contributed by atoms with Gasteiger partial charge in [-0.05, 0) is 57.9 Å². The van der Waals surface area contributed by atoms with Crippen LogP contribution in [0.5, 0.6) is 0 Å². The molecule has 0 saturated carbocycles. The minimum absolute atomic E-state index is 0.0718. The molecule has 2 aromatic rings.